The van der Waals surface area contributed by atoms with Crippen molar-refractivity contribution in [3.63, 3.8) is 0 Å². The van der Waals surface area contributed by atoms with E-state index < -0.39 is 17.8 Å². The van der Waals surface area contributed by atoms with Crippen molar-refractivity contribution in [3.8, 4) is 11.5 Å². The maximum atomic E-state index is 13.7. The summed E-state index contributed by atoms with van der Waals surface area (Å²) in [5, 5.41) is 2.24. The number of halogens is 2. The molecule has 41 heavy (non-hydrogen) atoms. The minimum atomic E-state index is -0.840. The van der Waals surface area contributed by atoms with E-state index in [9.17, 15) is 18.8 Å². The van der Waals surface area contributed by atoms with Gasteiger partial charge in [-0.2, -0.15) is 0 Å². The first-order valence-corrected chi connectivity index (χ1v) is 13.7. The number of imide groups is 2. The lowest BCUT2D eigenvalue weighted by molar-refractivity contribution is -0.122. The molecule has 0 unspecified atom stereocenters. The van der Waals surface area contributed by atoms with Crippen LogP contribution in [0.4, 0.5) is 14.9 Å². The van der Waals surface area contributed by atoms with Crippen molar-refractivity contribution in [2.45, 2.75) is 13.0 Å². The Kier molecular flexibility index (Phi) is 8.44. The molecule has 0 spiro atoms. The van der Waals surface area contributed by atoms with E-state index >= 15 is 0 Å². The third-order valence-electron chi connectivity index (χ3n) is 6.42. The van der Waals surface area contributed by atoms with Crippen LogP contribution in [-0.2, 0) is 22.6 Å². The molecule has 4 aromatic carbocycles. The standard InChI is InChI=1S/C32H24FIN2O5/c1-40-29-18-22(17-28(34)26(29)15-21-8-5-9-23(33)14-21)16-27-30(37)35-32(39)36(31(27)38)24-10-12-25(13-11-24)41-19-20-6-3-2-4-7-20/h2-14,16-18H,15,19H2,1H3,(H,35,37,39)/b27-16+. The monoisotopic (exact) mass is 662 g/mol. The molecule has 1 fully saturated rings. The van der Waals surface area contributed by atoms with Crippen molar-refractivity contribution < 1.29 is 28.2 Å². The van der Waals surface area contributed by atoms with Crippen LogP contribution in [0.15, 0.2) is 96.6 Å². The summed E-state index contributed by atoms with van der Waals surface area (Å²) in [6, 6.07) is 25.1. The zero-order chi connectivity index (χ0) is 28.9. The molecule has 1 aliphatic heterocycles. The fraction of sp³-hybridized carbons (Fsp3) is 0.0938. The zero-order valence-electron chi connectivity index (χ0n) is 21.9. The van der Waals surface area contributed by atoms with Gasteiger partial charge in [-0.1, -0.05) is 42.5 Å². The molecular formula is C32H24FIN2O5. The van der Waals surface area contributed by atoms with Crippen LogP contribution in [0.3, 0.4) is 0 Å². The highest BCUT2D eigenvalue weighted by atomic mass is 127. The van der Waals surface area contributed by atoms with Gasteiger partial charge in [0.1, 0.15) is 29.5 Å². The number of benzene rings is 4. The number of carbonyl (C=O) groups excluding carboxylic acids is 3. The van der Waals surface area contributed by atoms with Gasteiger partial charge in [0.2, 0.25) is 0 Å². The molecule has 0 saturated carbocycles. The van der Waals surface area contributed by atoms with E-state index in [0.29, 0.717) is 30.1 Å². The number of carbonyl (C=O) groups is 3. The van der Waals surface area contributed by atoms with Crippen LogP contribution in [0, 0.1) is 9.39 Å². The number of hydrogen-bond donors (Lipinski definition) is 1. The molecular weight excluding hydrogens is 638 g/mol. The molecule has 0 bridgehead atoms. The molecule has 1 heterocycles. The topological polar surface area (TPSA) is 84.9 Å². The Morgan fingerprint density at radius 1 is 0.902 bits per heavy atom. The minimum absolute atomic E-state index is 0.204. The van der Waals surface area contributed by atoms with Gasteiger partial charge in [-0.3, -0.25) is 14.9 Å². The summed E-state index contributed by atoms with van der Waals surface area (Å²) in [5.41, 5.74) is 3.24. The van der Waals surface area contributed by atoms with Gasteiger partial charge >= 0.3 is 6.03 Å². The van der Waals surface area contributed by atoms with Gasteiger partial charge < -0.3 is 9.47 Å². The van der Waals surface area contributed by atoms with Gasteiger partial charge in [0.25, 0.3) is 11.8 Å². The highest BCUT2D eigenvalue weighted by molar-refractivity contribution is 14.1. The van der Waals surface area contributed by atoms with E-state index in [1.165, 1.54) is 25.3 Å². The van der Waals surface area contributed by atoms with Gasteiger partial charge in [0.15, 0.2) is 0 Å². The van der Waals surface area contributed by atoms with Crippen molar-refractivity contribution >= 4 is 52.2 Å². The predicted molar refractivity (Wildman–Crippen MR) is 161 cm³/mol. The Bertz CT molecular complexity index is 1650. The molecule has 206 valence electrons. The number of amides is 4. The predicted octanol–water partition coefficient (Wildman–Crippen LogP) is 6.28. The number of urea groups is 1. The Morgan fingerprint density at radius 3 is 2.34 bits per heavy atom. The second-order valence-corrected chi connectivity index (χ2v) is 10.4. The molecule has 4 aromatic rings. The molecule has 0 aromatic heterocycles. The number of methoxy groups -OCH3 is 1. The van der Waals surface area contributed by atoms with Gasteiger partial charge in [0.05, 0.1) is 12.8 Å². The summed E-state index contributed by atoms with van der Waals surface area (Å²) < 4.78 is 25.9. The Balaban J connectivity index is 1.38. The lowest BCUT2D eigenvalue weighted by Crippen LogP contribution is -2.54. The minimum Gasteiger partial charge on any atom is -0.496 e. The first-order valence-electron chi connectivity index (χ1n) is 12.6. The maximum absolute atomic E-state index is 13.7. The fourth-order valence-electron chi connectivity index (χ4n) is 4.41. The van der Waals surface area contributed by atoms with E-state index in [1.54, 1.807) is 42.5 Å². The molecule has 1 N–H and O–H groups in total. The summed E-state index contributed by atoms with van der Waals surface area (Å²) in [4.78, 5) is 39.7. The third kappa shape index (κ3) is 6.46. The number of nitrogens with zero attached hydrogens (tertiary/aromatic N) is 1. The maximum Gasteiger partial charge on any atom is 0.335 e. The number of hydrogen-bond acceptors (Lipinski definition) is 5. The number of nitrogens with one attached hydrogen (secondary N) is 1. The number of barbiturate groups is 1. The van der Waals surface area contributed by atoms with E-state index in [2.05, 4.69) is 27.9 Å². The van der Waals surface area contributed by atoms with Crippen molar-refractivity contribution in [3.05, 3.63) is 128 Å². The Hall–Kier alpha value is -4.51. The fourth-order valence-corrected chi connectivity index (χ4v) is 5.23. The van der Waals surface area contributed by atoms with Crippen LogP contribution < -0.4 is 19.7 Å². The third-order valence-corrected chi connectivity index (χ3v) is 7.39. The summed E-state index contributed by atoms with van der Waals surface area (Å²) in [6.45, 7) is 0.369. The quantitative estimate of drug-likeness (QED) is 0.137. The smallest absolute Gasteiger partial charge is 0.335 e. The number of rotatable bonds is 8. The zero-order valence-corrected chi connectivity index (χ0v) is 24.1. The summed E-state index contributed by atoms with van der Waals surface area (Å²) >= 11 is 2.14. The lowest BCUT2D eigenvalue weighted by atomic mass is 10.0. The van der Waals surface area contributed by atoms with Gasteiger partial charge in [-0.15, -0.1) is 0 Å². The van der Waals surface area contributed by atoms with Crippen molar-refractivity contribution in [1.29, 1.82) is 0 Å². The molecule has 9 heteroatoms. The van der Waals surface area contributed by atoms with Crippen molar-refractivity contribution in [2.75, 3.05) is 12.0 Å². The average molecular weight is 662 g/mol. The summed E-state index contributed by atoms with van der Waals surface area (Å²) in [7, 11) is 1.52. The normalized spacial score (nSPS) is 14.3. The first kappa shape index (κ1) is 28.0. The van der Waals surface area contributed by atoms with Crippen molar-refractivity contribution in [1.82, 2.24) is 5.32 Å². The average Bonchev–Trinajstić information content (AvgIpc) is 2.96. The van der Waals surface area contributed by atoms with E-state index in [4.69, 9.17) is 9.47 Å². The van der Waals surface area contributed by atoms with Crippen LogP contribution in [-0.4, -0.2) is 25.0 Å². The molecule has 4 amide bonds. The largest absolute Gasteiger partial charge is 0.496 e. The Morgan fingerprint density at radius 2 is 1.63 bits per heavy atom. The van der Waals surface area contributed by atoms with Crippen LogP contribution in [0.1, 0.15) is 22.3 Å². The SMILES string of the molecule is COc1cc(/C=C2\C(=O)NC(=O)N(c3ccc(OCc4ccccc4)cc3)C2=O)cc(I)c1Cc1cccc(F)c1. The number of ether oxygens (including phenoxy) is 2. The second kappa shape index (κ2) is 12.3. The first-order chi connectivity index (χ1) is 19.8. The van der Waals surface area contributed by atoms with E-state index in [-0.39, 0.29) is 17.1 Å². The van der Waals surface area contributed by atoms with Gasteiger partial charge in [0, 0.05) is 15.6 Å². The van der Waals surface area contributed by atoms with Crippen LogP contribution in [0.25, 0.3) is 6.08 Å². The molecule has 5 rings (SSSR count). The summed E-state index contributed by atoms with van der Waals surface area (Å²) in [5.74, 6) is -0.787. The molecule has 0 atom stereocenters. The molecule has 1 aliphatic rings. The van der Waals surface area contributed by atoms with Crippen LogP contribution in [0.5, 0.6) is 11.5 Å². The van der Waals surface area contributed by atoms with Crippen LogP contribution >= 0.6 is 22.6 Å². The highest BCUT2D eigenvalue weighted by Crippen LogP contribution is 2.31. The molecule has 7 nitrogen and oxygen atoms in total. The molecule has 0 aliphatic carbocycles. The van der Waals surface area contributed by atoms with Gasteiger partial charge in [-0.05, 0) is 93.9 Å². The number of anilines is 1. The molecule has 1 saturated heterocycles. The van der Waals surface area contributed by atoms with Crippen LogP contribution in [0.2, 0.25) is 0 Å². The highest BCUT2D eigenvalue weighted by Gasteiger charge is 2.37. The molecule has 0 radical (unpaired) electrons. The second-order valence-electron chi connectivity index (χ2n) is 9.22. The summed E-state index contributed by atoms with van der Waals surface area (Å²) in [6.07, 6.45) is 1.86. The van der Waals surface area contributed by atoms with Gasteiger partial charge in [-0.25, -0.2) is 14.1 Å². The van der Waals surface area contributed by atoms with E-state index in [1.807, 2.05) is 36.4 Å². The van der Waals surface area contributed by atoms with Crippen molar-refractivity contribution in [2.24, 2.45) is 0 Å². The Labute approximate surface area is 249 Å². The lowest BCUT2D eigenvalue weighted by Gasteiger charge is -2.26. The van der Waals surface area contributed by atoms with E-state index in [0.717, 1.165) is 25.2 Å².